The third-order valence-electron chi connectivity index (χ3n) is 6.92. The summed E-state index contributed by atoms with van der Waals surface area (Å²) in [6.45, 7) is 0.647. The molecule has 156 valence electrons. The first kappa shape index (κ1) is 19.1. The van der Waals surface area contributed by atoms with Crippen molar-refractivity contribution >= 4 is 12.0 Å². The van der Waals surface area contributed by atoms with E-state index in [2.05, 4.69) is 17.4 Å². The maximum Gasteiger partial charge on any atom is 0.407 e. The van der Waals surface area contributed by atoms with Crippen molar-refractivity contribution in [1.82, 2.24) is 10.2 Å². The van der Waals surface area contributed by atoms with Crippen LogP contribution in [0.3, 0.4) is 0 Å². The molecule has 3 aliphatic carbocycles. The fourth-order valence-corrected chi connectivity index (χ4v) is 5.70. The molecule has 1 heterocycles. The third-order valence-corrected chi connectivity index (χ3v) is 6.92. The zero-order chi connectivity index (χ0) is 20.9. The summed E-state index contributed by atoms with van der Waals surface area (Å²) in [6, 6.07) is 14.4. The van der Waals surface area contributed by atoms with Gasteiger partial charge in [-0.1, -0.05) is 36.4 Å². The number of carbonyl (C=O) groups excluding carboxylic acids is 2. The van der Waals surface area contributed by atoms with Gasteiger partial charge in [-0.05, 0) is 59.9 Å². The molecule has 1 N–H and O–H groups in total. The van der Waals surface area contributed by atoms with Crippen LogP contribution < -0.4 is 5.32 Å². The Morgan fingerprint density at radius 1 is 1.13 bits per heavy atom. The maximum atomic E-state index is 13.5. The number of fused-ring (bicyclic) bond motifs is 1. The highest BCUT2D eigenvalue weighted by Crippen LogP contribution is 2.71. The van der Waals surface area contributed by atoms with Crippen LogP contribution in [-0.2, 0) is 16.0 Å². The standard InChI is InChI=1S/C24H25FN2O3/c1-26-22(29)30-24-13-23(14-24,15-24)12-20(28)27-11-10-16-4-2-3-5-19(16)21(27)17-6-8-18(25)9-7-17/h2-9,21H,10-15H2,1H3,(H,26,29)/t21-,23?,24?/m0/s1. The Balaban J connectivity index is 1.35. The smallest absolute Gasteiger partial charge is 0.407 e. The van der Waals surface area contributed by atoms with Crippen molar-refractivity contribution in [2.45, 2.75) is 43.7 Å². The van der Waals surface area contributed by atoms with E-state index in [0.29, 0.717) is 13.0 Å². The predicted octanol–water partition coefficient (Wildman–Crippen LogP) is 3.97. The van der Waals surface area contributed by atoms with E-state index in [1.165, 1.54) is 17.7 Å². The van der Waals surface area contributed by atoms with E-state index in [1.54, 1.807) is 19.2 Å². The van der Waals surface area contributed by atoms with Crippen molar-refractivity contribution in [3.63, 3.8) is 0 Å². The molecule has 5 nitrogen and oxygen atoms in total. The number of carbonyl (C=O) groups is 2. The number of hydrogen-bond acceptors (Lipinski definition) is 3. The third kappa shape index (κ3) is 3.06. The first-order chi connectivity index (χ1) is 14.4. The molecule has 0 radical (unpaired) electrons. The number of benzene rings is 2. The number of rotatable bonds is 4. The molecule has 2 bridgehead atoms. The Morgan fingerprint density at radius 2 is 1.83 bits per heavy atom. The van der Waals surface area contributed by atoms with Crippen LogP contribution in [0.5, 0.6) is 0 Å². The fraction of sp³-hybridized carbons (Fsp3) is 0.417. The van der Waals surface area contributed by atoms with E-state index in [1.807, 2.05) is 17.0 Å². The quantitative estimate of drug-likeness (QED) is 0.833. The van der Waals surface area contributed by atoms with Gasteiger partial charge in [-0.15, -0.1) is 0 Å². The van der Waals surface area contributed by atoms with Gasteiger partial charge in [-0.3, -0.25) is 4.79 Å². The fourth-order valence-electron chi connectivity index (χ4n) is 5.70. The first-order valence-corrected chi connectivity index (χ1v) is 10.5. The summed E-state index contributed by atoms with van der Waals surface area (Å²) in [4.78, 5) is 26.9. The summed E-state index contributed by atoms with van der Waals surface area (Å²) >= 11 is 0. The number of nitrogens with one attached hydrogen (secondary N) is 1. The van der Waals surface area contributed by atoms with Crippen molar-refractivity contribution in [3.8, 4) is 0 Å². The van der Waals surface area contributed by atoms with Crippen LogP contribution in [0.15, 0.2) is 48.5 Å². The molecule has 1 atom stereocenters. The minimum Gasteiger partial charge on any atom is -0.443 e. The van der Waals surface area contributed by atoms with Crippen LogP contribution in [-0.4, -0.2) is 36.1 Å². The van der Waals surface area contributed by atoms with Crippen LogP contribution in [0.1, 0.15) is 48.4 Å². The van der Waals surface area contributed by atoms with Gasteiger partial charge in [0.2, 0.25) is 5.91 Å². The number of amides is 2. The van der Waals surface area contributed by atoms with Gasteiger partial charge < -0.3 is 15.0 Å². The SMILES string of the molecule is CNC(=O)OC12CC(CC(=O)N3CCc4ccccc4[C@@H]3c3ccc(F)cc3)(C1)C2. The largest absolute Gasteiger partial charge is 0.443 e. The second-order valence-corrected chi connectivity index (χ2v) is 9.02. The monoisotopic (exact) mass is 408 g/mol. The van der Waals surface area contributed by atoms with Gasteiger partial charge in [0.15, 0.2) is 0 Å². The second kappa shape index (κ2) is 6.83. The second-order valence-electron chi connectivity index (χ2n) is 9.02. The van der Waals surface area contributed by atoms with Crippen molar-refractivity contribution in [3.05, 3.63) is 71.0 Å². The molecular weight excluding hydrogens is 383 g/mol. The Labute approximate surface area is 175 Å². The molecule has 1 aliphatic heterocycles. The molecule has 0 aromatic heterocycles. The van der Waals surface area contributed by atoms with Gasteiger partial charge in [0.1, 0.15) is 11.4 Å². The van der Waals surface area contributed by atoms with E-state index in [-0.39, 0.29) is 28.8 Å². The minimum atomic E-state index is -0.404. The van der Waals surface area contributed by atoms with Crippen LogP contribution in [0.2, 0.25) is 0 Å². The predicted molar refractivity (Wildman–Crippen MR) is 109 cm³/mol. The summed E-state index contributed by atoms with van der Waals surface area (Å²) in [7, 11) is 1.55. The molecule has 0 spiro atoms. The highest BCUT2D eigenvalue weighted by atomic mass is 19.1. The van der Waals surface area contributed by atoms with Crippen LogP contribution in [0, 0.1) is 11.2 Å². The van der Waals surface area contributed by atoms with Gasteiger partial charge in [0.25, 0.3) is 0 Å². The van der Waals surface area contributed by atoms with E-state index >= 15 is 0 Å². The number of alkyl carbamates (subject to hydrolysis) is 1. The van der Waals surface area contributed by atoms with E-state index in [0.717, 1.165) is 36.8 Å². The molecule has 6 heteroatoms. The summed E-state index contributed by atoms with van der Waals surface area (Å²) in [5.74, 6) is -0.164. The van der Waals surface area contributed by atoms with Crippen molar-refractivity contribution in [2.75, 3.05) is 13.6 Å². The lowest BCUT2D eigenvalue weighted by Crippen LogP contribution is -2.70. The van der Waals surface area contributed by atoms with Gasteiger partial charge in [-0.25, -0.2) is 9.18 Å². The molecule has 2 aromatic carbocycles. The molecule has 2 amide bonds. The molecule has 4 aliphatic rings. The Bertz CT molecular complexity index is 984. The average Bonchev–Trinajstić information content (AvgIpc) is 2.71. The number of hydrogen-bond donors (Lipinski definition) is 1. The molecule has 0 unspecified atom stereocenters. The highest BCUT2D eigenvalue weighted by Gasteiger charge is 2.71. The van der Waals surface area contributed by atoms with Gasteiger partial charge >= 0.3 is 6.09 Å². The van der Waals surface area contributed by atoms with Gasteiger partial charge in [0, 0.05) is 20.0 Å². The van der Waals surface area contributed by atoms with Crippen LogP contribution in [0.4, 0.5) is 9.18 Å². The molecule has 6 rings (SSSR count). The molecular formula is C24H25FN2O3. The zero-order valence-corrected chi connectivity index (χ0v) is 17.0. The summed E-state index contributed by atoms with van der Waals surface area (Å²) in [5, 5.41) is 2.49. The highest BCUT2D eigenvalue weighted by molar-refractivity contribution is 5.79. The summed E-state index contributed by atoms with van der Waals surface area (Å²) in [5.41, 5.74) is 2.86. The lowest BCUT2D eigenvalue weighted by Gasteiger charge is -2.68. The van der Waals surface area contributed by atoms with Gasteiger partial charge in [-0.2, -0.15) is 0 Å². The normalized spacial score (nSPS) is 28.6. The Morgan fingerprint density at radius 3 is 2.53 bits per heavy atom. The minimum absolute atomic E-state index is 0.0462. The first-order valence-electron chi connectivity index (χ1n) is 10.5. The van der Waals surface area contributed by atoms with Crippen molar-refractivity contribution < 1.29 is 18.7 Å². The Kier molecular flexibility index (Phi) is 4.34. The summed E-state index contributed by atoms with van der Waals surface area (Å²) < 4.78 is 19.0. The lowest BCUT2D eigenvalue weighted by molar-refractivity contribution is -0.258. The average molecular weight is 408 g/mol. The maximum absolute atomic E-state index is 13.5. The molecule has 30 heavy (non-hydrogen) atoms. The number of nitrogens with zero attached hydrogens (tertiary/aromatic N) is 1. The number of ether oxygens (including phenoxy) is 1. The molecule has 3 saturated carbocycles. The van der Waals surface area contributed by atoms with E-state index < -0.39 is 6.09 Å². The Hall–Kier alpha value is -2.89. The molecule has 2 aromatic rings. The van der Waals surface area contributed by atoms with Crippen LogP contribution >= 0.6 is 0 Å². The van der Waals surface area contributed by atoms with Crippen LogP contribution in [0.25, 0.3) is 0 Å². The van der Waals surface area contributed by atoms with Crippen molar-refractivity contribution in [1.29, 1.82) is 0 Å². The van der Waals surface area contributed by atoms with Gasteiger partial charge in [0.05, 0.1) is 6.04 Å². The van der Waals surface area contributed by atoms with E-state index in [9.17, 15) is 14.0 Å². The summed E-state index contributed by atoms with van der Waals surface area (Å²) in [6.07, 6.45) is 3.14. The molecule has 0 saturated heterocycles. The van der Waals surface area contributed by atoms with Crippen molar-refractivity contribution in [2.24, 2.45) is 5.41 Å². The molecule has 3 fully saturated rings. The lowest BCUT2D eigenvalue weighted by atomic mass is 9.40. The number of halogens is 1. The van der Waals surface area contributed by atoms with E-state index in [4.69, 9.17) is 4.74 Å². The zero-order valence-electron chi connectivity index (χ0n) is 17.0. The topological polar surface area (TPSA) is 58.6 Å².